The summed E-state index contributed by atoms with van der Waals surface area (Å²) >= 11 is 6.05. The van der Waals surface area contributed by atoms with Gasteiger partial charge in [0.05, 0.1) is 6.42 Å². The molecule has 0 saturated carbocycles. The van der Waals surface area contributed by atoms with Gasteiger partial charge in [0.25, 0.3) is 0 Å². The quantitative estimate of drug-likeness (QED) is 0.549. The largest absolute Gasteiger partial charge is 0.461 e. The van der Waals surface area contributed by atoms with E-state index in [1.165, 1.54) is 24.9 Å². The zero-order valence-electron chi connectivity index (χ0n) is 18.8. The molecule has 2 aliphatic heterocycles. The Kier molecular flexibility index (Phi) is 8.43. The van der Waals surface area contributed by atoms with Crippen molar-refractivity contribution in [3.8, 4) is 0 Å². The number of ether oxygens (including phenoxy) is 1. The van der Waals surface area contributed by atoms with Crippen LogP contribution in [0.5, 0.6) is 0 Å². The molecule has 1 atom stereocenters. The maximum absolute atomic E-state index is 12.7. The van der Waals surface area contributed by atoms with Gasteiger partial charge in [0, 0.05) is 49.5 Å². The highest BCUT2D eigenvalue weighted by Gasteiger charge is 2.27. The molecule has 2 heterocycles. The fraction of sp³-hybridized carbons (Fsp3) is 0.500. The molecule has 0 aliphatic carbocycles. The summed E-state index contributed by atoms with van der Waals surface area (Å²) in [7, 11) is 0. The SMILES string of the molecule is O=C(CC(CN1CCN(c2ccccc2)CC1)N1CCCCC1)OCc1cccc(Cl)c1. The van der Waals surface area contributed by atoms with Gasteiger partial charge < -0.3 is 9.64 Å². The van der Waals surface area contributed by atoms with Crippen LogP contribution in [0.25, 0.3) is 0 Å². The van der Waals surface area contributed by atoms with Crippen molar-refractivity contribution in [2.45, 2.75) is 38.3 Å². The van der Waals surface area contributed by atoms with E-state index in [-0.39, 0.29) is 18.6 Å². The number of hydrogen-bond acceptors (Lipinski definition) is 5. The summed E-state index contributed by atoms with van der Waals surface area (Å²) in [5.41, 5.74) is 2.22. The van der Waals surface area contributed by atoms with E-state index in [1.807, 2.05) is 24.3 Å². The molecule has 172 valence electrons. The van der Waals surface area contributed by atoms with Gasteiger partial charge in [-0.25, -0.2) is 0 Å². The van der Waals surface area contributed by atoms with Gasteiger partial charge >= 0.3 is 5.97 Å². The number of benzene rings is 2. The highest BCUT2D eigenvalue weighted by molar-refractivity contribution is 6.30. The average molecular weight is 456 g/mol. The molecule has 6 heteroatoms. The standard InChI is InChI=1S/C26H34ClN3O2/c27-23-9-7-8-22(18-23)21-32-26(31)19-25(29-12-5-2-6-13-29)20-28-14-16-30(17-15-28)24-10-3-1-4-11-24/h1,3-4,7-11,18,25H,2,5-6,12-17,19-21H2. The van der Waals surface area contributed by atoms with Gasteiger partial charge in [-0.15, -0.1) is 0 Å². The molecule has 4 rings (SSSR count). The van der Waals surface area contributed by atoms with Crippen molar-refractivity contribution in [3.63, 3.8) is 0 Å². The minimum atomic E-state index is -0.122. The molecular formula is C26H34ClN3O2. The minimum absolute atomic E-state index is 0.122. The first kappa shape index (κ1) is 23.1. The predicted molar refractivity (Wildman–Crippen MR) is 130 cm³/mol. The number of halogens is 1. The number of anilines is 1. The molecule has 2 aromatic rings. The van der Waals surface area contributed by atoms with E-state index in [4.69, 9.17) is 16.3 Å². The van der Waals surface area contributed by atoms with Crippen molar-refractivity contribution < 1.29 is 9.53 Å². The molecule has 0 N–H and O–H groups in total. The second-order valence-electron chi connectivity index (χ2n) is 8.87. The number of para-hydroxylation sites is 1. The van der Waals surface area contributed by atoms with E-state index >= 15 is 0 Å². The predicted octanol–water partition coefficient (Wildman–Crippen LogP) is 4.45. The Morgan fingerprint density at radius 3 is 2.38 bits per heavy atom. The van der Waals surface area contributed by atoms with Crippen LogP contribution >= 0.6 is 11.6 Å². The lowest BCUT2D eigenvalue weighted by molar-refractivity contribution is -0.146. The molecule has 0 spiro atoms. The number of rotatable bonds is 8. The van der Waals surface area contributed by atoms with Crippen LogP contribution in [0.4, 0.5) is 5.69 Å². The normalized spacial score (nSPS) is 19.0. The van der Waals surface area contributed by atoms with Crippen molar-refractivity contribution in [1.29, 1.82) is 0 Å². The average Bonchev–Trinajstić information content (AvgIpc) is 2.84. The third-order valence-corrected chi connectivity index (χ3v) is 6.80. The summed E-state index contributed by atoms with van der Waals surface area (Å²) in [5.74, 6) is -0.122. The van der Waals surface area contributed by atoms with E-state index in [1.54, 1.807) is 0 Å². The van der Waals surface area contributed by atoms with E-state index in [2.05, 4.69) is 45.0 Å². The summed E-state index contributed by atoms with van der Waals surface area (Å²) in [6, 6.07) is 18.3. The molecule has 2 aliphatic rings. The monoisotopic (exact) mass is 455 g/mol. The van der Waals surface area contributed by atoms with Crippen LogP contribution in [-0.4, -0.2) is 67.6 Å². The Bertz CT molecular complexity index is 849. The summed E-state index contributed by atoms with van der Waals surface area (Å²) in [4.78, 5) is 20.2. The van der Waals surface area contributed by atoms with Gasteiger partial charge in [-0.2, -0.15) is 0 Å². The molecule has 0 amide bonds. The number of piperidine rings is 1. The maximum Gasteiger partial charge on any atom is 0.307 e. The number of nitrogens with zero attached hydrogens (tertiary/aromatic N) is 3. The van der Waals surface area contributed by atoms with Gasteiger partial charge in [0.1, 0.15) is 6.61 Å². The number of likely N-dealkylation sites (tertiary alicyclic amines) is 1. The van der Waals surface area contributed by atoms with Crippen LogP contribution in [0.3, 0.4) is 0 Å². The molecule has 0 radical (unpaired) electrons. The van der Waals surface area contributed by atoms with Crippen LogP contribution in [0, 0.1) is 0 Å². The summed E-state index contributed by atoms with van der Waals surface area (Å²) < 4.78 is 5.62. The lowest BCUT2D eigenvalue weighted by atomic mass is 10.0. The molecule has 5 nitrogen and oxygen atoms in total. The Hall–Kier alpha value is -2.08. The van der Waals surface area contributed by atoms with Gasteiger partial charge in [0.2, 0.25) is 0 Å². The van der Waals surface area contributed by atoms with Crippen LogP contribution in [0.2, 0.25) is 5.02 Å². The van der Waals surface area contributed by atoms with Crippen molar-refractivity contribution >= 4 is 23.3 Å². The number of piperazine rings is 1. The third-order valence-electron chi connectivity index (χ3n) is 6.56. The first-order chi connectivity index (χ1) is 15.7. The molecule has 1 unspecified atom stereocenters. The summed E-state index contributed by atoms with van der Waals surface area (Å²) in [6.07, 6.45) is 4.17. The highest BCUT2D eigenvalue weighted by atomic mass is 35.5. The van der Waals surface area contributed by atoms with Gasteiger partial charge in [-0.1, -0.05) is 48.4 Å². The van der Waals surface area contributed by atoms with Crippen molar-refractivity contribution in [2.24, 2.45) is 0 Å². The van der Waals surface area contributed by atoms with Crippen molar-refractivity contribution in [2.75, 3.05) is 50.7 Å². The Morgan fingerprint density at radius 1 is 0.906 bits per heavy atom. The van der Waals surface area contributed by atoms with Gasteiger partial charge in [-0.05, 0) is 55.8 Å². The van der Waals surface area contributed by atoms with E-state index in [9.17, 15) is 4.79 Å². The second kappa shape index (κ2) is 11.7. The highest BCUT2D eigenvalue weighted by Crippen LogP contribution is 2.20. The number of esters is 1. The lowest BCUT2D eigenvalue weighted by Gasteiger charge is -2.41. The zero-order valence-corrected chi connectivity index (χ0v) is 19.6. The topological polar surface area (TPSA) is 36.0 Å². The Morgan fingerprint density at radius 2 is 1.66 bits per heavy atom. The Balaban J connectivity index is 1.31. The molecular weight excluding hydrogens is 422 g/mol. The number of carbonyl (C=O) groups excluding carboxylic acids is 1. The molecule has 0 aromatic heterocycles. The van der Waals surface area contributed by atoms with E-state index in [0.717, 1.165) is 51.4 Å². The number of carbonyl (C=O) groups is 1. The first-order valence-corrected chi connectivity index (χ1v) is 12.2. The van der Waals surface area contributed by atoms with Crippen LogP contribution in [0.15, 0.2) is 54.6 Å². The van der Waals surface area contributed by atoms with Gasteiger partial charge in [0.15, 0.2) is 0 Å². The second-order valence-corrected chi connectivity index (χ2v) is 9.30. The molecule has 0 bridgehead atoms. The summed E-state index contributed by atoms with van der Waals surface area (Å²) in [6.45, 7) is 7.46. The lowest BCUT2D eigenvalue weighted by Crippen LogP contribution is -2.53. The van der Waals surface area contributed by atoms with E-state index < -0.39 is 0 Å². The smallest absolute Gasteiger partial charge is 0.307 e. The van der Waals surface area contributed by atoms with Crippen molar-refractivity contribution in [1.82, 2.24) is 9.80 Å². The molecule has 32 heavy (non-hydrogen) atoms. The number of hydrogen-bond donors (Lipinski definition) is 0. The molecule has 2 aromatic carbocycles. The third kappa shape index (κ3) is 6.71. The van der Waals surface area contributed by atoms with Crippen LogP contribution in [0.1, 0.15) is 31.2 Å². The maximum atomic E-state index is 12.7. The fourth-order valence-corrected chi connectivity index (χ4v) is 4.97. The molecule has 2 fully saturated rings. The Labute approximate surface area is 196 Å². The molecule has 2 saturated heterocycles. The fourth-order valence-electron chi connectivity index (χ4n) is 4.76. The van der Waals surface area contributed by atoms with Gasteiger partial charge in [-0.3, -0.25) is 14.6 Å². The van der Waals surface area contributed by atoms with E-state index in [0.29, 0.717) is 11.4 Å². The zero-order chi connectivity index (χ0) is 22.2. The van der Waals surface area contributed by atoms with Crippen LogP contribution < -0.4 is 4.90 Å². The van der Waals surface area contributed by atoms with Crippen molar-refractivity contribution in [3.05, 3.63) is 65.2 Å². The minimum Gasteiger partial charge on any atom is -0.461 e. The first-order valence-electron chi connectivity index (χ1n) is 11.8. The van der Waals surface area contributed by atoms with Crippen LogP contribution in [-0.2, 0) is 16.1 Å². The summed E-state index contributed by atoms with van der Waals surface area (Å²) in [5, 5.41) is 0.666.